The number of aromatic amines is 1. The largest absolute Gasteiger partial charge is 0.480 e. The number of carbonyl (C=O) groups excluding carboxylic acids is 3. The number of imidazole rings is 1. The standard InChI is InChI=1S/C20H34N6O5/c1-6-11(4)16(26-17(27)12(5)21)19(29)24-14(7-13-8-22-9-23-13)18(28)25-15(10(2)3)20(30)31/h8-12,14-16H,6-7,21H2,1-5H3,(H,22,23)(H,24,29)(H,25,28)(H,26,27)(H,30,31). The number of nitrogens with two attached hydrogens (primary N) is 1. The fourth-order valence-corrected chi connectivity index (χ4v) is 2.84. The number of carbonyl (C=O) groups is 4. The zero-order chi connectivity index (χ0) is 23.7. The number of aromatic nitrogens is 2. The zero-order valence-corrected chi connectivity index (χ0v) is 18.6. The summed E-state index contributed by atoms with van der Waals surface area (Å²) in [5.41, 5.74) is 6.18. The van der Waals surface area contributed by atoms with Crippen molar-refractivity contribution in [3.05, 3.63) is 18.2 Å². The molecule has 31 heavy (non-hydrogen) atoms. The van der Waals surface area contributed by atoms with Crippen molar-refractivity contribution in [2.75, 3.05) is 0 Å². The highest BCUT2D eigenvalue weighted by molar-refractivity contribution is 5.94. The van der Waals surface area contributed by atoms with Crippen LogP contribution in [0.3, 0.4) is 0 Å². The van der Waals surface area contributed by atoms with Gasteiger partial charge < -0.3 is 31.8 Å². The lowest BCUT2D eigenvalue weighted by Gasteiger charge is -2.28. The first-order valence-electron chi connectivity index (χ1n) is 10.3. The fourth-order valence-electron chi connectivity index (χ4n) is 2.84. The molecule has 11 heteroatoms. The Bertz CT molecular complexity index is 749. The Labute approximate surface area is 181 Å². The Morgan fingerprint density at radius 1 is 1.03 bits per heavy atom. The van der Waals surface area contributed by atoms with E-state index < -0.39 is 47.9 Å². The van der Waals surface area contributed by atoms with Crippen LogP contribution in [0.4, 0.5) is 0 Å². The Kier molecular flexibility index (Phi) is 10.1. The summed E-state index contributed by atoms with van der Waals surface area (Å²) in [6, 6.07) is -3.89. The number of hydrogen-bond donors (Lipinski definition) is 6. The lowest BCUT2D eigenvalue weighted by molar-refractivity contribution is -0.143. The molecule has 174 valence electrons. The number of carboxylic acid groups (broad SMARTS) is 1. The lowest BCUT2D eigenvalue weighted by Crippen LogP contribution is -2.59. The summed E-state index contributed by atoms with van der Waals surface area (Å²) in [5, 5.41) is 17.1. The van der Waals surface area contributed by atoms with Crippen molar-refractivity contribution in [3.63, 3.8) is 0 Å². The summed E-state index contributed by atoms with van der Waals surface area (Å²) in [7, 11) is 0. The van der Waals surface area contributed by atoms with E-state index in [4.69, 9.17) is 5.73 Å². The molecule has 5 atom stereocenters. The zero-order valence-electron chi connectivity index (χ0n) is 18.6. The van der Waals surface area contributed by atoms with Gasteiger partial charge in [-0.15, -0.1) is 0 Å². The molecule has 1 rings (SSSR count). The number of H-pyrrole nitrogens is 1. The van der Waals surface area contributed by atoms with Crippen LogP contribution in [0.15, 0.2) is 12.5 Å². The molecule has 0 aliphatic rings. The van der Waals surface area contributed by atoms with Crippen LogP contribution in [0.25, 0.3) is 0 Å². The summed E-state index contributed by atoms with van der Waals surface area (Å²) in [5.74, 6) is -3.44. The van der Waals surface area contributed by atoms with Crippen molar-refractivity contribution in [3.8, 4) is 0 Å². The lowest BCUT2D eigenvalue weighted by atomic mass is 9.97. The molecule has 1 heterocycles. The molecule has 0 aliphatic heterocycles. The number of hydrogen-bond acceptors (Lipinski definition) is 6. The Hall–Kier alpha value is -2.95. The second-order valence-electron chi connectivity index (χ2n) is 8.07. The number of carboxylic acids is 1. The van der Waals surface area contributed by atoms with Gasteiger partial charge in [0.2, 0.25) is 17.7 Å². The van der Waals surface area contributed by atoms with Gasteiger partial charge in [0.25, 0.3) is 0 Å². The Morgan fingerprint density at radius 3 is 2.10 bits per heavy atom. The molecule has 0 radical (unpaired) electrons. The van der Waals surface area contributed by atoms with Crippen molar-refractivity contribution in [1.29, 1.82) is 0 Å². The van der Waals surface area contributed by atoms with E-state index in [1.54, 1.807) is 20.8 Å². The maximum absolute atomic E-state index is 13.0. The Morgan fingerprint density at radius 2 is 1.65 bits per heavy atom. The summed E-state index contributed by atoms with van der Waals surface area (Å²) in [4.78, 5) is 56.2. The molecule has 1 aromatic rings. The molecule has 0 aromatic carbocycles. The summed E-state index contributed by atoms with van der Waals surface area (Å²) in [6.45, 7) is 8.52. The molecule has 7 N–H and O–H groups in total. The van der Waals surface area contributed by atoms with Crippen molar-refractivity contribution in [2.45, 2.75) is 71.6 Å². The Balaban J connectivity index is 3.08. The molecule has 0 fully saturated rings. The molecule has 3 amide bonds. The molecule has 0 bridgehead atoms. The number of rotatable bonds is 12. The van der Waals surface area contributed by atoms with Gasteiger partial charge in [0.1, 0.15) is 18.1 Å². The number of nitrogens with zero attached hydrogens (tertiary/aromatic N) is 1. The minimum Gasteiger partial charge on any atom is -0.480 e. The van der Waals surface area contributed by atoms with E-state index in [-0.39, 0.29) is 18.3 Å². The third-order valence-corrected chi connectivity index (χ3v) is 5.05. The highest BCUT2D eigenvalue weighted by Crippen LogP contribution is 2.10. The van der Waals surface area contributed by atoms with Gasteiger partial charge in [-0.3, -0.25) is 14.4 Å². The molecule has 11 nitrogen and oxygen atoms in total. The van der Waals surface area contributed by atoms with E-state index in [9.17, 15) is 24.3 Å². The first-order valence-corrected chi connectivity index (χ1v) is 10.3. The highest BCUT2D eigenvalue weighted by atomic mass is 16.4. The van der Waals surface area contributed by atoms with Crippen molar-refractivity contribution in [2.24, 2.45) is 17.6 Å². The minimum absolute atomic E-state index is 0.0659. The summed E-state index contributed by atoms with van der Waals surface area (Å²) in [6.07, 6.45) is 3.61. The van der Waals surface area contributed by atoms with E-state index in [0.29, 0.717) is 12.1 Å². The van der Waals surface area contributed by atoms with Gasteiger partial charge in [-0.05, 0) is 18.8 Å². The first-order chi connectivity index (χ1) is 14.5. The molecular weight excluding hydrogens is 404 g/mol. The quantitative estimate of drug-likeness (QED) is 0.255. The van der Waals surface area contributed by atoms with Gasteiger partial charge in [0.05, 0.1) is 12.4 Å². The minimum atomic E-state index is -1.17. The van der Waals surface area contributed by atoms with Crippen LogP contribution >= 0.6 is 0 Å². The van der Waals surface area contributed by atoms with Crippen LogP contribution in [0, 0.1) is 11.8 Å². The highest BCUT2D eigenvalue weighted by Gasteiger charge is 2.33. The maximum Gasteiger partial charge on any atom is 0.326 e. The normalized spacial score (nSPS) is 16.0. The van der Waals surface area contributed by atoms with E-state index in [0.717, 1.165) is 0 Å². The van der Waals surface area contributed by atoms with Gasteiger partial charge >= 0.3 is 5.97 Å². The maximum atomic E-state index is 13.0. The average molecular weight is 439 g/mol. The molecule has 1 aromatic heterocycles. The van der Waals surface area contributed by atoms with Crippen LogP contribution in [-0.2, 0) is 25.6 Å². The molecule has 5 unspecified atom stereocenters. The predicted octanol–water partition coefficient (Wildman–Crippen LogP) is -0.459. The second-order valence-corrected chi connectivity index (χ2v) is 8.07. The van der Waals surface area contributed by atoms with Gasteiger partial charge in [0.15, 0.2) is 0 Å². The van der Waals surface area contributed by atoms with Gasteiger partial charge in [-0.2, -0.15) is 0 Å². The third-order valence-electron chi connectivity index (χ3n) is 5.05. The smallest absolute Gasteiger partial charge is 0.326 e. The van der Waals surface area contributed by atoms with Crippen LogP contribution in [0.5, 0.6) is 0 Å². The van der Waals surface area contributed by atoms with E-state index >= 15 is 0 Å². The topological polar surface area (TPSA) is 179 Å². The van der Waals surface area contributed by atoms with E-state index in [1.807, 2.05) is 6.92 Å². The fraction of sp³-hybridized carbons (Fsp3) is 0.650. The molecule has 0 aliphatic carbocycles. The third kappa shape index (κ3) is 8.00. The average Bonchev–Trinajstić information content (AvgIpc) is 3.20. The van der Waals surface area contributed by atoms with E-state index in [1.165, 1.54) is 19.4 Å². The first kappa shape index (κ1) is 26.1. The van der Waals surface area contributed by atoms with Crippen LogP contribution in [0.1, 0.15) is 46.7 Å². The molecule has 0 saturated heterocycles. The monoisotopic (exact) mass is 438 g/mol. The summed E-state index contributed by atoms with van der Waals surface area (Å²) < 4.78 is 0. The number of amides is 3. The van der Waals surface area contributed by atoms with Crippen LogP contribution in [-0.4, -0.2) is 62.9 Å². The van der Waals surface area contributed by atoms with Crippen LogP contribution < -0.4 is 21.7 Å². The van der Waals surface area contributed by atoms with Gasteiger partial charge in [-0.25, -0.2) is 9.78 Å². The molecule has 0 spiro atoms. The predicted molar refractivity (Wildman–Crippen MR) is 114 cm³/mol. The van der Waals surface area contributed by atoms with Crippen molar-refractivity contribution >= 4 is 23.7 Å². The second kappa shape index (κ2) is 12.0. The van der Waals surface area contributed by atoms with Gasteiger partial charge in [-0.1, -0.05) is 34.1 Å². The summed E-state index contributed by atoms with van der Waals surface area (Å²) >= 11 is 0. The number of aliphatic carboxylic acids is 1. The van der Waals surface area contributed by atoms with Crippen molar-refractivity contribution < 1.29 is 24.3 Å². The SMILES string of the molecule is CCC(C)C(NC(=O)C(C)N)C(=O)NC(Cc1cnc[nH]1)C(=O)NC(C(=O)O)C(C)C. The van der Waals surface area contributed by atoms with Gasteiger partial charge in [0, 0.05) is 18.3 Å². The molecule has 0 saturated carbocycles. The van der Waals surface area contributed by atoms with Crippen molar-refractivity contribution in [1.82, 2.24) is 25.9 Å². The number of nitrogens with one attached hydrogen (secondary N) is 4. The van der Waals surface area contributed by atoms with Crippen LogP contribution in [0.2, 0.25) is 0 Å². The molecular formula is C20H34N6O5. The van der Waals surface area contributed by atoms with E-state index in [2.05, 4.69) is 25.9 Å².